The Labute approximate surface area is 192 Å². The molecule has 0 aliphatic heterocycles. The average Bonchev–Trinajstić information content (AvgIpc) is 3.58. The standard InChI is InChI=1S/C24H31N9/c25-15-9-11-16(12-10-15)28-24-31-22(26-13-20-29-18-7-3-4-8-19(18)30-20)21-23(32-24)33(14-27-21)17-5-1-2-6-17/h3-4,7-8,14-17H,1-2,5-6,9-13,25H2,(H,29,30)(H2,26,28,31,32). The van der Waals surface area contributed by atoms with Crippen molar-refractivity contribution in [3.63, 3.8) is 0 Å². The van der Waals surface area contributed by atoms with Crippen LogP contribution in [0.15, 0.2) is 30.6 Å². The minimum absolute atomic E-state index is 0.316. The minimum atomic E-state index is 0.316. The molecule has 0 amide bonds. The van der Waals surface area contributed by atoms with Crippen LogP contribution in [-0.2, 0) is 6.54 Å². The Kier molecular flexibility index (Phi) is 5.33. The van der Waals surface area contributed by atoms with Gasteiger partial charge in [0, 0.05) is 18.1 Å². The topological polar surface area (TPSA) is 122 Å². The van der Waals surface area contributed by atoms with Crippen molar-refractivity contribution in [3.8, 4) is 0 Å². The van der Waals surface area contributed by atoms with Gasteiger partial charge in [-0.25, -0.2) is 9.97 Å². The first-order valence-corrected chi connectivity index (χ1v) is 12.2. The average molecular weight is 446 g/mol. The second-order valence-electron chi connectivity index (χ2n) is 9.47. The lowest BCUT2D eigenvalue weighted by Crippen LogP contribution is -2.33. The van der Waals surface area contributed by atoms with E-state index in [1.54, 1.807) is 0 Å². The van der Waals surface area contributed by atoms with Gasteiger partial charge in [0.2, 0.25) is 5.95 Å². The predicted molar refractivity (Wildman–Crippen MR) is 130 cm³/mol. The summed E-state index contributed by atoms with van der Waals surface area (Å²) in [7, 11) is 0. The van der Waals surface area contributed by atoms with Crippen molar-refractivity contribution in [1.29, 1.82) is 0 Å². The summed E-state index contributed by atoms with van der Waals surface area (Å²) in [5, 5.41) is 7.05. The molecule has 33 heavy (non-hydrogen) atoms. The molecule has 2 aliphatic rings. The van der Waals surface area contributed by atoms with Gasteiger partial charge in [-0.15, -0.1) is 0 Å². The maximum atomic E-state index is 6.10. The van der Waals surface area contributed by atoms with Crippen LogP contribution in [0.5, 0.6) is 0 Å². The van der Waals surface area contributed by atoms with E-state index in [4.69, 9.17) is 20.7 Å². The summed E-state index contributed by atoms with van der Waals surface area (Å²) in [6.45, 7) is 0.537. The van der Waals surface area contributed by atoms with Gasteiger partial charge in [0.1, 0.15) is 5.82 Å². The molecule has 3 aromatic heterocycles. The Morgan fingerprint density at radius 3 is 2.64 bits per heavy atom. The summed E-state index contributed by atoms with van der Waals surface area (Å²) in [6.07, 6.45) is 11.0. The molecule has 4 aromatic rings. The van der Waals surface area contributed by atoms with E-state index in [9.17, 15) is 0 Å². The zero-order valence-electron chi connectivity index (χ0n) is 18.8. The smallest absolute Gasteiger partial charge is 0.227 e. The maximum Gasteiger partial charge on any atom is 0.227 e. The largest absolute Gasteiger partial charge is 0.361 e. The van der Waals surface area contributed by atoms with Crippen LogP contribution < -0.4 is 16.4 Å². The summed E-state index contributed by atoms with van der Waals surface area (Å²) in [5.74, 6) is 2.27. The molecule has 172 valence electrons. The summed E-state index contributed by atoms with van der Waals surface area (Å²) >= 11 is 0. The number of nitrogens with one attached hydrogen (secondary N) is 3. The second-order valence-corrected chi connectivity index (χ2v) is 9.47. The highest BCUT2D eigenvalue weighted by Crippen LogP contribution is 2.33. The molecule has 0 unspecified atom stereocenters. The Bertz CT molecular complexity index is 1210. The van der Waals surface area contributed by atoms with Gasteiger partial charge in [-0.3, -0.25) is 0 Å². The fraction of sp³-hybridized carbons (Fsp3) is 0.500. The molecule has 2 aliphatic carbocycles. The molecular formula is C24H31N9. The first kappa shape index (κ1) is 20.4. The van der Waals surface area contributed by atoms with Gasteiger partial charge >= 0.3 is 0 Å². The molecule has 6 rings (SSSR count). The van der Waals surface area contributed by atoms with Crippen LogP contribution in [0.2, 0.25) is 0 Å². The Balaban J connectivity index is 1.31. The van der Waals surface area contributed by atoms with Crippen molar-refractivity contribution in [1.82, 2.24) is 29.5 Å². The Morgan fingerprint density at radius 2 is 1.82 bits per heavy atom. The van der Waals surface area contributed by atoms with E-state index >= 15 is 0 Å². The van der Waals surface area contributed by atoms with E-state index in [1.165, 1.54) is 25.7 Å². The van der Waals surface area contributed by atoms with E-state index in [0.29, 0.717) is 30.6 Å². The molecule has 0 bridgehead atoms. The van der Waals surface area contributed by atoms with E-state index in [-0.39, 0.29) is 0 Å². The number of fused-ring (bicyclic) bond motifs is 2. The number of imidazole rings is 2. The number of H-pyrrole nitrogens is 1. The molecule has 3 heterocycles. The van der Waals surface area contributed by atoms with Crippen LogP contribution in [0.25, 0.3) is 22.2 Å². The second kappa shape index (κ2) is 8.62. The molecule has 0 spiro atoms. The number of rotatable bonds is 6. The van der Waals surface area contributed by atoms with Crippen molar-refractivity contribution in [2.45, 2.75) is 76.0 Å². The molecule has 0 atom stereocenters. The van der Waals surface area contributed by atoms with Crippen LogP contribution in [-0.4, -0.2) is 41.6 Å². The van der Waals surface area contributed by atoms with Crippen molar-refractivity contribution >= 4 is 34.0 Å². The lowest BCUT2D eigenvalue weighted by molar-refractivity contribution is 0.410. The molecule has 0 radical (unpaired) electrons. The lowest BCUT2D eigenvalue weighted by atomic mass is 9.92. The van der Waals surface area contributed by atoms with Gasteiger partial charge in [-0.1, -0.05) is 25.0 Å². The van der Waals surface area contributed by atoms with Gasteiger partial charge in [-0.05, 0) is 50.7 Å². The maximum absolute atomic E-state index is 6.10. The number of aromatic amines is 1. The molecule has 0 saturated heterocycles. The molecule has 1 aromatic carbocycles. The third-order valence-electron chi connectivity index (χ3n) is 7.11. The number of anilines is 2. The molecule has 2 saturated carbocycles. The SMILES string of the molecule is NC1CCC(Nc2nc(NCc3nc4ccccc4[nH]3)c3ncn(C4CCCC4)c3n2)CC1. The van der Waals surface area contributed by atoms with Gasteiger partial charge in [0.05, 0.1) is 23.9 Å². The molecule has 9 nitrogen and oxygen atoms in total. The number of benzene rings is 1. The highest BCUT2D eigenvalue weighted by Gasteiger charge is 2.24. The van der Waals surface area contributed by atoms with E-state index in [0.717, 1.165) is 59.5 Å². The first-order valence-electron chi connectivity index (χ1n) is 12.2. The predicted octanol–water partition coefficient (Wildman–Crippen LogP) is 4.11. The Morgan fingerprint density at radius 1 is 1.00 bits per heavy atom. The highest BCUT2D eigenvalue weighted by atomic mass is 15.2. The number of nitrogens with zero attached hydrogens (tertiary/aromatic N) is 5. The zero-order valence-corrected chi connectivity index (χ0v) is 18.8. The monoisotopic (exact) mass is 445 g/mol. The lowest BCUT2D eigenvalue weighted by Gasteiger charge is -2.27. The van der Waals surface area contributed by atoms with E-state index < -0.39 is 0 Å². The number of nitrogens with two attached hydrogens (primary N) is 1. The highest BCUT2D eigenvalue weighted by molar-refractivity contribution is 5.84. The van der Waals surface area contributed by atoms with Crippen LogP contribution in [0, 0.1) is 0 Å². The van der Waals surface area contributed by atoms with Crippen molar-refractivity contribution in [2.24, 2.45) is 5.73 Å². The van der Waals surface area contributed by atoms with Crippen LogP contribution in [0.3, 0.4) is 0 Å². The molecular weight excluding hydrogens is 414 g/mol. The molecule has 5 N–H and O–H groups in total. The van der Waals surface area contributed by atoms with E-state index in [1.807, 2.05) is 30.6 Å². The minimum Gasteiger partial charge on any atom is -0.361 e. The van der Waals surface area contributed by atoms with Crippen molar-refractivity contribution < 1.29 is 0 Å². The summed E-state index contributed by atoms with van der Waals surface area (Å²) in [4.78, 5) is 22.5. The fourth-order valence-electron chi connectivity index (χ4n) is 5.26. The van der Waals surface area contributed by atoms with Crippen molar-refractivity contribution in [2.75, 3.05) is 10.6 Å². The van der Waals surface area contributed by atoms with Gasteiger partial charge < -0.3 is 25.9 Å². The quantitative estimate of drug-likeness (QED) is 0.352. The summed E-state index contributed by atoms with van der Waals surface area (Å²) in [6, 6.07) is 9.20. The normalized spacial score (nSPS) is 21.7. The zero-order chi connectivity index (χ0) is 22.2. The molecule has 9 heteroatoms. The first-order chi connectivity index (χ1) is 16.2. The van der Waals surface area contributed by atoms with Gasteiger partial charge in [0.25, 0.3) is 0 Å². The number of hydrogen-bond acceptors (Lipinski definition) is 7. The number of hydrogen-bond donors (Lipinski definition) is 4. The van der Waals surface area contributed by atoms with Crippen LogP contribution >= 0.6 is 0 Å². The van der Waals surface area contributed by atoms with Crippen LogP contribution in [0.4, 0.5) is 11.8 Å². The van der Waals surface area contributed by atoms with Gasteiger partial charge in [0.15, 0.2) is 17.0 Å². The van der Waals surface area contributed by atoms with E-state index in [2.05, 4.69) is 25.2 Å². The van der Waals surface area contributed by atoms with Crippen LogP contribution in [0.1, 0.15) is 63.2 Å². The third-order valence-corrected chi connectivity index (χ3v) is 7.11. The Hall–Kier alpha value is -3.20. The molecule has 2 fully saturated rings. The van der Waals surface area contributed by atoms with Gasteiger partial charge in [-0.2, -0.15) is 9.97 Å². The summed E-state index contributed by atoms with van der Waals surface area (Å²) < 4.78 is 2.25. The number of para-hydroxylation sites is 2. The summed E-state index contributed by atoms with van der Waals surface area (Å²) in [5.41, 5.74) is 9.81. The fourth-order valence-corrected chi connectivity index (χ4v) is 5.26. The van der Waals surface area contributed by atoms with Crippen molar-refractivity contribution in [3.05, 3.63) is 36.4 Å². The third kappa shape index (κ3) is 4.13. The number of aromatic nitrogens is 6.